The molecule has 0 heterocycles. The van der Waals surface area contributed by atoms with Crippen molar-refractivity contribution in [3.8, 4) is 5.75 Å². The summed E-state index contributed by atoms with van der Waals surface area (Å²) in [4.78, 5) is 10.8. The second-order valence-corrected chi connectivity index (χ2v) is 5.67. The maximum absolute atomic E-state index is 10.8. The lowest BCUT2D eigenvalue weighted by Gasteiger charge is -2.30. The van der Waals surface area contributed by atoms with Crippen molar-refractivity contribution >= 4 is 5.97 Å². The molecule has 0 aliphatic carbocycles. The quantitative estimate of drug-likeness (QED) is 0.640. The fourth-order valence-corrected chi connectivity index (χ4v) is 2.04. The minimum atomic E-state index is -1.63. The van der Waals surface area contributed by atoms with Crippen LogP contribution < -0.4 is 0 Å². The van der Waals surface area contributed by atoms with Crippen molar-refractivity contribution in [3.63, 3.8) is 0 Å². The number of phenols is 1. The smallest absolute Gasteiger partial charge is 0.335 e. The Kier molecular flexibility index (Phi) is 5.14. The highest BCUT2D eigenvalue weighted by Crippen LogP contribution is 2.34. The zero-order valence-electron chi connectivity index (χ0n) is 12.0. The predicted octanol–water partition coefficient (Wildman–Crippen LogP) is 2.10. The molecule has 0 saturated carbocycles. The Balaban J connectivity index is 2.99. The fourth-order valence-electron chi connectivity index (χ4n) is 2.04. The van der Waals surface area contributed by atoms with Crippen molar-refractivity contribution in [2.45, 2.75) is 45.3 Å². The molecule has 0 aliphatic rings. The van der Waals surface area contributed by atoms with E-state index in [1.54, 1.807) is 0 Å². The van der Waals surface area contributed by atoms with E-state index >= 15 is 0 Å². The first-order valence-electron chi connectivity index (χ1n) is 6.63. The van der Waals surface area contributed by atoms with Crippen LogP contribution in [-0.2, 0) is 5.60 Å². The maximum atomic E-state index is 10.8. The molecule has 112 valence electrons. The van der Waals surface area contributed by atoms with Crippen molar-refractivity contribution in [3.05, 3.63) is 29.3 Å². The molecule has 5 nitrogen and oxygen atoms in total. The molecule has 0 unspecified atom stereocenters. The highest BCUT2D eigenvalue weighted by Gasteiger charge is 2.34. The van der Waals surface area contributed by atoms with Crippen LogP contribution in [0.25, 0.3) is 0 Å². The summed E-state index contributed by atoms with van der Waals surface area (Å²) in [5.74, 6) is -1.10. The standard InChI is InChI=1S/C15H22O5/c1-9(2)4-7-13(17)15(3,20)11-6-5-10(14(18)19)8-12(11)16/h5-6,8-9,13,16-17,20H,4,7H2,1-3H3,(H,18,19)/t13-,15-/m0/s1. The first-order chi connectivity index (χ1) is 9.16. The van der Waals surface area contributed by atoms with Crippen molar-refractivity contribution in [1.29, 1.82) is 0 Å². The van der Waals surface area contributed by atoms with Crippen LogP contribution in [0.5, 0.6) is 5.75 Å². The summed E-state index contributed by atoms with van der Waals surface area (Å²) >= 11 is 0. The fraction of sp³-hybridized carbons (Fsp3) is 0.533. The largest absolute Gasteiger partial charge is 0.508 e. The van der Waals surface area contributed by atoms with Gasteiger partial charge in [-0.2, -0.15) is 0 Å². The van der Waals surface area contributed by atoms with Gasteiger partial charge in [-0.15, -0.1) is 0 Å². The van der Waals surface area contributed by atoms with Gasteiger partial charge in [0.1, 0.15) is 11.4 Å². The zero-order chi connectivity index (χ0) is 15.5. The molecular weight excluding hydrogens is 260 g/mol. The van der Waals surface area contributed by atoms with E-state index in [0.29, 0.717) is 12.3 Å². The number of aliphatic hydroxyl groups is 2. The molecule has 0 bridgehead atoms. The number of aromatic hydroxyl groups is 1. The van der Waals surface area contributed by atoms with Crippen LogP contribution in [0.4, 0.5) is 0 Å². The number of phenolic OH excluding ortho intramolecular Hbond substituents is 1. The number of carbonyl (C=O) groups is 1. The van der Waals surface area contributed by atoms with Gasteiger partial charge in [-0.1, -0.05) is 19.9 Å². The van der Waals surface area contributed by atoms with Crippen molar-refractivity contribution < 1.29 is 25.2 Å². The lowest BCUT2D eigenvalue weighted by Crippen LogP contribution is -2.36. The second-order valence-electron chi connectivity index (χ2n) is 5.67. The highest BCUT2D eigenvalue weighted by molar-refractivity contribution is 5.88. The number of hydrogen-bond acceptors (Lipinski definition) is 4. The van der Waals surface area contributed by atoms with Gasteiger partial charge in [0.05, 0.1) is 11.7 Å². The number of carboxylic acid groups (broad SMARTS) is 1. The predicted molar refractivity (Wildman–Crippen MR) is 74.7 cm³/mol. The van der Waals surface area contributed by atoms with Crippen LogP contribution in [0.3, 0.4) is 0 Å². The van der Waals surface area contributed by atoms with E-state index in [-0.39, 0.29) is 16.9 Å². The van der Waals surface area contributed by atoms with Crippen LogP contribution in [0, 0.1) is 5.92 Å². The molecule has 0 amide bonds. The number of benzene rings is 1. The van der Waals surface area contributed by atoms with Crippen LogP contribution in [0.1, 0.15) is 49.5 Å². The summed E-state index contributed by atoms with van der Waals surface area (Å²) in [7, 11) is 0. The van der Waals surface area contributed by atoms with Crippen LogP contribution in [0.2, 0.25) is 0 Å². The topological polar surface area (TPSA) is 98.0 Å². The number of rotatable bonds is 6. The van der Waals surface area contributed by atoms with E-state index in [2.05, 4.69) is 0 Å². The van der Waals surface area contributed by atoms with Crippen LogP contribution in [-0.4, -0.2) is 32.5 Å². The molecule has 1 aromatic rings. The van der Waals surface area contributed by atoms with Gasteiger partial charge in [0.2, 0.25) is 0 Å². The molecule has 2 atom stereocenters. The van der Waals surface area contributed by atoms with Gasteiger partial charge >= 0.3 is 5.97 Å². The van der Waals surface area contributed by atoms with Gasteiger partial charge in [0.25, 0.3) is 0 Å². The first kappa shape index (κ1) is 16.5. The van der Waals surface area contributed by atoms with Gasteiger partial charge in [0.15, 0.2) is 0 Å². The first-order valence-corrected chi connectivity index (χ1v) is 6.63. The Morgan fingerprint density at radius 3 is 2.35 bits per heavy atom. The summed E-state index contributed by atoms with van der Waals surface area (Å²) in [5.41, 5.74) is -1.58. The molecule has 1 aromatic carbocycles. The molecule has 20 heavy (non-hydrogen) atoms. The summed E-state index contributed by atoms with van der Waals surface area (Å²) in [5, 5.41) is 39.2. The van der Waals surface area contributed by atoms with Gasteiger partial charge < -0.3 is 20.4 Å². The number of carboxylic acids is 1. The van der Waals surface area contributed by atoms with Gasteiger partial charge in [-0.3, -0.25) is 0 Å². The molecule has 0 spiro atoms. The molecule has 1 rings (SSSR count). The third kappa shape index (κ3) is 3.71. The van der Waals surface area contributed by atoms with E-state index in [9.17, 15) is 20.1 Å². The Hall–Kier alpha value is -1.59. The average Bonchev–Trinajstić information content (AvgIpc) is 2.35. The number of aliphatic hydroxyl groups excluding tert-OH is 1. The van der Waals surface area contributed by atoms with Gasteiger partial charge in [-0.05, 0) is 37.8 Å². The highest BCUT2D eigenvalue weighted by atomic mass is 16.4. The van der Waals surface area contributed by atoms with E-state index in [1.807, 2.05) is 13.8 Å². The Labute approximate surface area is 118 Å². The van der Waals surface area contributed by atoms with Crippen LogP contribution >= 0.6 is 0 Å². The lowest BCUT2D eigenvalue weighted by atomic mass is 9.85. The molecule has 0 aromatic heterocycles. The van der Waals surface area contributed by atoms with Crippen LogP contribution in [0.15, 0.2) is 18.2 Å². The monoisotopic (exact) mass is 282 g/mol. The zero-order valence-corrected chi connectivity index (χ0v) is 12.0. The third-order valence-corrected chi connectivity index (χ3v) is 3.46. The number of hydrogen-bond donors (Lipinski definition) is 4. The van der Waals surface area contributed by atoms with Crippen molar-refractivity contribution in [2.75, 3.05) is 0 Å². The van der Waals surface area contributed by atoms with Crippen molar-refractivity contribution in [1.82, 2.24) is 0 Å². The molecule has 5 heteroatoms. The van der Waals surface area contributed by atoms with E-state index < -0.39 is 17.7 Å². The number of aromatic carboxylic acids is 1. The Bertz CT molecular complexity index is 479. The maximum Gasteiger partial charge on any atom is 0.335 e. The minimum absolute atomic E-state index is 0.0706. The van der Waals surface area contributed by atoms with E-state index in [1.165, 1.54) is 19.1 Å². The van der Waals surface area contributed by atoms with Gasteiger partial charge in [0, 0.05) is 5.56 Å². The third-order valence-electron chi connectivity index (χ3n) is 3.46. The molecule has 0 radical (unpaired) electrons. The molecule has 4 N–H and O–H groups in total. The van der Waals surface area contributed by atoms with Crippen molar-refractivity contribution in [2.24, 2.45) is 5.92 Å². The second kappa shape index (κ2) is 6.24. The normalized spacial score (nSPS) is 15.9. The minimum Gasteiger partial charge on any atom is -0.508 e. The molecule has 0 aliphatic heterocycles. The Morgan fingerprint density at radius 2 is 1.90 bits per heavy atom. The SMILES string of the molecule is CC(C)CC[C@H](O)[C@@](C)(O)c1ccc(C(=O)O)cc1O. The summed E-state index contributed by atoms with van der Waals surface area (Å²) in [6.45, 7) is 5.44. The van der Waals surface area contributed by atoms with Gasteiger partial charge in [-0.25, -0.2) is 4.79 Å². The molecular formula is C15H22O5. The Morgan fingerprint density at radius 1 is 1.30 bits per heavy atom. The van der Waals surface area contributed by atoms with E-state index in [0.717, 1.165) is 12.5 Å². The molecule has 0 fully saturated rings. The molecule has 0 saturated heterocycles. The van der Waals surface area contributed by atoms with E-state index in [4.69, 9.17) is 5.11 Å². The summed E-state index contributed by atoms with van der Waals surface area (Å²) in [6, 6.07) is 3.69. The lowest BCUT2D eigenvalue weighted by molar-refractivity contribution is -0.0730. The summed E-state index contributed by atoms with van der Waals surface area (Å²) in [6.07, 6.45) is 0.0993. The summed E-state index contributed by atoms with van der Waals surface area (Å²) < 4.78 is 0. The average molecular weight is 282 g/mol.